The highest BCUT2D eigenvalue weighted by molar-refractivity contribution is 5.51. The lowest BCUT2D eigenvalue weighted by molar-refractivity contribution is 0.277. The maximum absolute atomic E-state index is 6.03. The lowest BCUT2D eigenvalue weighted by Gasteiger charge is -2.13. The van der Waals surface area contributed by atoms with Crippen LogP contribution in [-0.2, 0) is 19.4 Å². The lowest BCUT2D eigenvalue weighted by atomic mass is 10.0. The van der Waals surface area contributed by atoms with Crippen molar-refractivity contribution in [2.45, 2.75) is 38.8 Å². The third kappa shape index (κ3) is 3.60. The molecule has 1 unspecified atom stereocenters. The van der Waals surface area contributed by atoms with E-state index >= 15 is 0 Å². The van der Waals surface area contributed by atoms with E-state index in [1.54, 1.807) is 0 Å². The van der Waals surface area contributed by atoms with Crippen molar-refractivity contribution in [3.05, 3.63) is 59.2 Å². The third-order valence-electron chi connectivity index (χ3n) is 3.93. The van der Waals surface area contributed by atoms with Crippen molar-refractivity contribution in [3.63, 3.8) is 0 Å². The van der Waals surface area contributed by atoms with Crippen LogP contribution in [0.3, 0.4) is 0 Å². The maximum atomic E-state index is 6.03. The quantitative estimate of drug-likeness (QED) is 0.888. The van der Waals surface area contributed by atoms with Crippen molar-refractivity contribution >= 4 is 0 Å². The van der Waals surface area contributed by atoms with E-state index in [1.165, 1.54) is 11.1 Å². The minimum atomic E-state index is 0.221. The highest BCUT2D eigenvalue weighted by Crippen LogP contribution is 2.37. The van der Waals surface area contributed by atoms with E-state index < -0.39 is 0 Å². The summed E-state index contributed by atoms with van der Waals surface area (Å²) in [5.74, 6) is 1.78. The Morgan fingerprint density at radius 3 is 2.77 bits per heavy atom. The van der Waals surface area contributed by atoms with Gasteiger partial charge in [0, 0.05) is 18.0 Å². The normalized spacial score (nSPS) is 14.3. The first kappa shape index (κ1) is 14.9. The second-order valence-corrected chi connectivity index (χ2v) is 5.97. The molecule has 3 nitrogen and oxygen atoms in total. The molecule has 3 rings (SSSR count). The maximum Gasteiger partial charge on any atom is 0.164 e. The number of fused-ring (bicyclic) bond motifs is 1. The molecule has 1 heterocycles. The van der Waals surface area contributed by atoms with Gasteiger partial charge in [0.2, 0.25) is 0 Å². The lowest BCUT2D eigenvalue weighted by Crippen LogP contribution is -2.15. The fourth-order valence-electron chi connectivity index (χ4n) is 2.72. The van der Waals surface area contributed by atoms with E-state index in [2.05, 4.69) is 24.3 Å². The largest absolute Gasteiger partial charge is 0.489 e. The van der Waals surface area contributed by atoms with Gasteiger partial charge in [0.15, 0.2) is 11.5 Å². The summed E-state index contributed by atoms with van der Waals surface area (Å²) in [5.41, 5.74) is 9.57. The Bertz CT molecular complexity index is 623. The molecular formula is C19H23NO2. The molecule has 1 aliphatic heterocycles. The summed E-state index contributed by atoms with van der Waals surface area (Å²) in [6.07, 6.45) is 2.92. The van der Waals surface area contributed by atoms with E-state index in [1.807, 2.05) is 25.1 Å². The highest BCUT2D eigenvalue weighted by atomic mass is 16.5. The van der Waals surface area contributed by atoms with Gasteiger partial charge in [-0.05, 0) is 37.0 Å². The molecule has 0 saturated carbocycles. The number of ether oxygens (including phenoxy) is 2. The predicted molar refractivity (Wildman–Crippen MR) is 88.4 cm³/mol. The summed E-state index contributed by atoms with van der Waals surface area (Å²) in [6.45, 7) is 3.35. The molecule has 3 heteroatoms. The molecule has 0 aromatic heterocycles. The Morgan fingerprint density at radius 2 is 2.00 bits per heavy atom. The molecular weight excluding hydrogens is 274 g/mol. The molecule has 1 atom stereocenters. The van der Waals surface area contributed by atoms with Crippen LogP contribution in [0.25, 0.3) is 0 Å². The summed E-state index contributed by atoms with van der Waals surface area (Å²) >= 11 is 0. The van der Waals surface area contributed by atoms with Crippen LogP contribution in [0.15, 0.2) is 42.5 Å². The number of nitrogens with two attached hydrogens (primary N) is 1. The fourth-order valence-corrected chi connectivity index (χ4v) is 2.72. The Labute approximate surface area is 132 Å². The van der Waals surface area contributed by atoms with Crippen molar-refractivity contribution < 1.29 is 9.47 Å². The second kappa shape index (κ2) is 6.84. The average molecular weight is 297 g/mol. The Hall–Kier alpha value is -2.00. The minimum Gasteiger partial charge on any atom is -0.489 e. The number of hydrogen-bond acceptors (Lipinski definition) is 3. The zero-order chi connectivity index (χ0) is 15.4. The van der Waals surface area contributed by atoms with Crippen molar-refractivity contribution in [2.75, 3.05) is 6.61 Å². The number of aryl methyl sites for hydroxylation is 1. The smallest absolute Gasteiger partial charge is 0.164 e. The zero-order valence-electron chi connectivity index (χ0n) is 13.0. The number of benzene rings is 2. The van der Waals surface area contributed by atoms with Crippen molar-refractivity contribution in [1.82, 2.24) is 0 Å². The van der Waals surface area contributed by atoms with E-state index in [4.69, 9.17) is 15.2 Å². The van der Waals surface area contributed by atoms with Crippen LogP contribution in [0.4, 0.5) is 0 Å². The van der Waals surface area contributed by atoms with Gasteiger partial charge < -0.3 is 15.2 Å². The van der Waals surface area contributed by atoms with Crippen LogP contribution in [0.5, 0.6) is 11.5 Å². The van der Waals surface area contributed by atoms with Crippen LogP contribution < -0.4 is 15.2 Å². The van der Waals surface area contributed by atoms with Gasteiger partial charge >= 0.3 is 0 Å². The van der Waals surface area contributed by atoms with Crippen LogP contribution in [0.1, 0.15) is 30.0 Å². The first-order chi connectivity index (χ1) is 10.7. The topological polar surface area (TPSA) is 44.5 Å². The van der Waals surface area contributed by atoms with Gasteiger partial charge in [-0.3, -0.25) is 0 Å². The van der Waals surface area contributed by atoms with Gasteiger partial charge in [-0.1, -0.05) is 36.4 Å². The SMILES string of the molecule is CC(N)CCc1cc2c(c(OCc3ccccc3)c1)OCC2. The molecule has 0 amide bonds. The van der Waals surface area contributed by atoms with Gasteiger partial charge in [0.1, 0.15) is 6.61 Å². The van der Waals surface area contributed by atoms with Gasteiger partial charge in [0.05, 0.1) is 6.61 Å². The van der Waals surface area contributed by atoms with Gasteiger partial charge in [-0.15, -0.1) is 0 Å². The van der Waals surface area contributed by atoms with Gasteiger partial charge in [-0.25, -0.2) is 0 Å². The number of rotatable bonds is 6. The molecule has 0 spiro atoms. The first-order valence-electron chi connectivity index (χ1n) is 7.93. The molecule has 2 N–H and O–H groups in total. The van der Waals surface area contributed by atoms with Crippen molar-refractivity contribution in [2.24, 2.45) is 5.73 Å². The molecule has 0 bridgehead atoms. The van der Waals surface area contributed by atoms with E-state index in [0.29, 0.717) is 6.61 Å². The van der Waals surface area contributed by atoms with Gasteiger partial charge in [-0.2, -0.15) is 0 Å². The summed E-state index contributed by atoms with van der Waals surface area (Å²) in [7, 11) is 0. The molecule has 116 valence electrons. The Balaban J connectivity index is 1.76. The van der Waals surface area contributed by atoms with Crippen LogP contribution >= 0.6 is 0 Å². The molecule has 0 saturated heterocycles. The van der Waals surface area contributed by atoms with E-state index in [-0.39, 0.29) is 6.04 Å². The molecule has 2 aromatic rings. The monoisotopic (exact) mass is 297 g/mol. The molecule has 0 radical (unpaired) electrons. The first-order valence-corrected chi connectivity index (χ1v) is 7.93. The van der Waals surface area contributed by atoms with Crippen molar-refractivity contribution in [3.8, 4) is 11.5 Å². The van der Waals surface area contributed by atoms with Crippen LogP contribution in [0.2, 0.25) is 0 Å². The highest BCUT2D eigenvalue weighted by Gasteiger charge is 2.19. The fraction of sp³-hybridized carbons (Fsp3) is 0.368. The average Bonchev–Trinajstić information content (AvgIpc) is 3.00. The Kier molecular flexibility index (Phi) is 4.64. The van der Waals surface area contributed by atoms with Crippen molar-refractivity contribution in [1.29, 1.82) is 0 Å². The molecule has 1 aliphatic rings. The summed E-state index contributed by atoms with van der Waals surface area (Å²) in [4.78, 5) is 0. The standard InChI is InChI=1S/C19H23NO2/c1-14(20)7-8-16-11-17-9-10-21-19(17)18(12-16)22-13-15-5-3-2-4-6-15/h2-6,11-12,14H,7-10,13,20H2,1H3. The molecule has 22 heavy (non-hydrogen) atoms. The van der Waals surface area contributed by atoms with Crippen LogP contribution in [0, 0.1) is 0 Å². The molecule has 2 aromatic carbocycles. The predicted octanol–water partition coefficient (Wildman–Crippen LogP) is 3.48. The summed E-state index contributed by atoms with van der Waals surface area (Å²) < 4.78 is 11.8. The van der Waals surface area contributed by atoms with Crippen LogP contribution in [-0.4, -0.2) is 12.6 Å². The Morgan fingerprint density at radius 1 is 1.18 bits per heavy atom. The zero-order valence-corrected chi connectivity index (χ0v) is 13.0. The van der Waals surface area contributed by atoms with Gasteiger partial charge in [0.25, 0.3) is 0 Å². The second-order valence-electron chi connectivity index (χ2n) is 5.97. The van der Waals surface area contributed by atoms with E-state index in [9.17, 15) is 0 Å². The summed E-state index contributed by atoms with van der Waals surface area (Å²) in [6, 6.07) is 14.8. The van der Waals surface area contributed by atoms with E-state index in [0.717, 1.165) is 42.9 Å². The summed E-state index contributed by atoms with van der Waals surface area (Å²) in [5, 5.41) is 0. The molecule has 0 fully saturated rings. The number of hydrogen-bond donors (Lipinski definition) is 1. The third-order valence-corrected chi connectivity index (χ3v) is 3.93. The minimum absolute atomic E-state index is 0.221. The molecule has 0 aliphatic carbocycles.